The second-order valence-corrected chi connectivity index (χ2v) is 4.56. The normalized spacial score (nSPS) is 12.3. The summed E-state index contributed by atoms with van der Waals surface area (Å²) in [6, 6.07) is 1.98. The Bertz CT molecular complexity index is 597. The van der Waals surface area contributed by atoms with Crippen LogP contribution in [0.4, 0.5) is 22.0 Å². The van der Waals surface area contributed by atoms with Crippen LogP contribution in [0, 0.1) is 0 Å². The molecule has 1 heterocycles. The largest absolute Gasteiger partial charge is 0.472 e. The summed E-state index contributed by atoms with van der Waals surface area (Å²) in [4.78, 5) is 23.1. The molecular weight excluding hydrogens is 369 g/mol. The standard InChI is InChI=1S/C11H9BrF5NO3/c1-18-8(21-5-10(13,14)11(15,16)17)3-2-6(9(18)20)7(19)4-12/h2-3H,4-5H2,1H3. The molecule has 1 aromatic heterocycles. The summed E-state index contributed by atoms with van der Waals surface area (Å²) in [5.41, 5.74) is -1.09. The number of nitrogens with zero attached hydrogens (tertiary/aromatic N) is 1. The van der Waals surface area contributed by atoms with Crippen LogP contribution in [0.15, 0.2) is 16.9 Å². The van der Waals surface area contributed by atoms with Crippen LogP contribution >= 0.6 is 15.9 Å². The third-order valence-corrected chi connectivity index (χ3v) is 3.01. The summed E-state index contributed by atoms with van der Waals surface area (Å²) >= 11 is 2.85. The number of carbonyl (C=O) groups is 1. The fraction of sp³-hybridized carbons (Fsp3) is 0.455. The monoisotopic (exact) mass is 377 g/mol. The number of pyridine rings is 1. The Hall–Kier alpha value is -1.45. The second-order valence-electron chi connectivity index (χ2n) is 4.00. The van der Waals surface area contributed by atoms with Crippen LogP contribution in [0.25, 0.3) is 0 Å². The van der Waals surface area contributed by atoms with E-state index in [9.17, 15) is 31.5 Å². The van der Waals surface area contributed by atoms with Gasteiger partial charge in [0, 0.05) is 7.05 Å². The van der Waals surface area contributed by atoms with Crippen molar-refractivity contribution >= 4 is 21.7 Å². The smallest absolute Gasteiger partial charge is 0.456 e. The van der Waals surface area contributed by atoms with Crippen LogP contribution in [-0.2, 0) is 7.05 Å². The lowest BCUT2D eigenvalue weighted by molar-refractivity contribution is -0.290. The van der Waals surface area contributed by atoms with Crippen molar-refractivity contribution in [3.05, 3.63) is 28.0 Å². The molecule has 0 saturated carbocycles. The highest BCUT2D eigenvalue weighted by Gasteiger charge is 2.58. The number of aromatic nitrogens is 1. The highest BCUT2D eigenvalue weighted by Crippen LogP contribution is 2.35. The molecule has 0 saturated heterocycles. The molecular formula is C11H9BrF5NO3. The second kappa shape index (κ2) is 6.12. The van der Waals surface area contributed by atoms with Crippen molar-refractivity contribution < 1.29 is 31.5 Å². The molecule has 0 atom stereocenters. The van der Waals surface area contributed by atoms with Crippen LogP contribution in [-0.4, -0.2) is 34.4 Å². The number of halogens is 6. The molecule has 118 valence electrons. The van der Waals surface area contributed by atoms with E-state index < -0.39 is 35.9 Å². The molecule has 0 fully saturated rings. The SMILES string of the molecule is Cn1c(OCC(F)(F)C(F)(F)F)ccc(C(=O)CBr)c1=O. The molecule has 4 nitrogen and oxygen atoms in total. The fourth-order valence-corrected chi connectivity index (χ4v) is 1.60. The minimum Gasteiger partial charge on any atom is -0.472 e. The summed E-state index contributed by atoms with van der Waals surface area (Å²) in [5.74, 6) is -6.11. The van der Waals surface area contributed by atoms with E-state index in [2.05, 4.69) is 20.7 Å². The lowest BCUT2D eigenvalue weighted by Gasteiger charge is -2.20. The third kappa shape index (κ3) is 3.80. The molecule has 1 aromatic rings. The van der Waals surface area contributed by atoms with Crippen LogP contribution in [0.3, 0.4) is 0 Å². The fourth-order valence-electron chi connectivity index (χ4n) is 1.29. The van der Waals surface area contributed by atoms with Crippen LogP contribution in [0.2, 0.25) is 0 Å². The van der Waals surface area contributed by atoms with Gasteiger partial charge in [0.25, 0.3) is 5.56 Å². The number of ketones is 1. The van der Waals surface area contributed by atoms with Gasteiger partial charge in [-0.05, 0) is 12.1 Å². The summed E-state index contributed by atoms with van der Waals surface area (Å²) in [7, 11) is 1.09. The van der Waals surface area contributed by atoms with Crippen LogP contribution < -0.4 is 10.3 Å². The quantitative estimate of drug-likeness (QED) is 0.450. The number of rotatable bonds is 5. The predicted octanol–water partition coefficient (Wildman–Crippen LogP) is 2.54. The van der Waals surface area contributed by atoms with Gasteiger partial charge < -0.3 is 4.74 Å². The van der Waals surface area contributed by atoms with Gasteiger partial charge in [-0.2, -0.15) is 22.0 Å². The third-order valence-electron chi connectivity index (χ3n) is 2.50. The first kappa shape index (κ1) is 17.6. The molecule has 0 N–H and O–H groups in total. The number of ether oxygens (including phenoxy) is 1. The van der Waals surface area contributed by atoms with Gasteiger partial charge in [-0.15, -0.1) is 0 Å². The van der Waals surface area contributed by atoms with Gasteiger partial charge in [0.1, 0.15) is 0 Å². The van der Waals surface area contributed by atoms with E-state index in [0.29, 0.717) is 4.57 Å². The number of carbonyl (C=O) groups excluding carboxylic acids is 1. The molecule has 21 heavy (non-hydrogen) atoms. The lowest BCUT2D eigenvalue weighted by atomic mass is 10.2. The zero-order chi connectivity index (χ0) is 16.4. The Balaban J connectivity index is 3.00. The average molecular weight is 378 g/mol. The Labute approximate surface area is 123 Å². The molecule has 0 amide bonds. The van der Waals surface area contributed by atoms with Crippen LogP contribution in [0.1, 0.15) is 10.4 Å². The minimum absolute atomic E-state index is 0.130. The lowest BCUT2D eigenvalue weighted by Crippen LogP contribution is -2.42. The molecule has 0 aromatic carbocycles. The first-order chi connectivity index (χ1) is 9.51. The average Bonchev–Trinajstić information content (AvgIpc) is 2.38. The molecule has 0 unspecified atom stereocenters. The maximum absolute atomic E-state index is 12.7. The van der Waals surface area contributed by atoms with Gasteiger partial charge in [0.2, 0.25) is 0 Å². The Morgan fingerprint density at radius 3 is 2.33 bits per heavy atom. The molecule has 0 spiro atoms. The van der Waals surface area contributed by atoms with Crippen molar-refractivity contribution in [1.82, 2.24) is 4.57 Å². The van der Waals surface area contributed by atoms with E-state index in [0.717, 1.165) is 19.2 Å². The van der Waals surface area contributed by atoms with Gasteiger partial charge in [0.05, 0.1) is 10.9 Å². The number of hydrogen-bond donors (Lipinski definition) is 0. The summed E-state index contributed by atoms with van der Waals surface area (Å²) in [6.07, 6.45) is -5.75. The molecule has 0 aliphatic carbocycles. The van der Waals surface area contributed by atoms with Crippen molar-refractivity contribution in [2.45, 2.75) is 12.1 Å². The number of Topliss-reactive ketones (excluding diaryl/α,β-unsaturated/α-hetero) is 1. The first-order valence-electron chi connectivity index (χ1n) is 5.38. The zero-order valence-electron chi connectivity index (χ0n) is 10.5. The van der Waals surface area contributed by atoms with E-state index >= 15 is 0 Å². The highest BCUT2D eigenvalue weighted by atomic mass is 79.9. The van der Waals surface area contributed by atoms with E-state index in [1.807, 2.05) is 0 Å². The Morgan fingerprint density at radius 1 is 1.29 bits per heavy atom. The molecule has 10 heteroatoms. The number of hydrogen-bond acceptors (Lipinski definition) is 3. The zero-order valence-corrected chi connectivity index (χ0v) is 12.1. The van der Waals surface area contributed by atoms with Gasteiger partial charge in [0.15, 0.2) is 18.3 Å². The van der Waals surface area contributed by atoms with Gasteiger partial charge in [-0.25, -0.2) is 0 Å². The number of alkyl halides is 6. The van der Waals surface area contributed by atoms with Gasteiger partial charge >= 0.3 is 12.1 Å². The molecule has 0 aliphatic rings. The van der Waals surface area contributed by atoms with Gasteiger partial charge in [-0.3, -0.25) is 14.2 Å². The van der Waals surface area contributed by atoms with Crippen molar-refractivity contribution in [3.8, 4) is 5.88 Å². The summed E-state index contributed by atoms with van der Waals surface area (Å²) in [6.45, 7) is -1.96. The molecule has 0 bridgehead atoms. The minimum atomic E-state index is -5.75. The molecule has 0 aliphatic heterocycles. The van der Waals surface area contributed by atoms with E-state index in [-0.39, 0.29) is 10.9 Å². The Morgan fingerprint density at radius 2 is 1.86 bits per heavy atom. The highest BCUT2D eigenvalue weighted by molar-refractivity contribution is 9.09. The van der Waals surface area contributed by atoms with E-state index in [1.165, 1.54) is 0 Å². The first-order valence-corrected chi connectivity index (χ1v) is 6.50. The maximum Gasteiger partial charge on any atom is 0.456 e. The summed E-state index contributed by atoms with van der Waals surface area (Å²) < 4.78 is 66.4. The van der Waals surface area contributed by atoms with E-state index in [1.54, 1.807) is 0 Å². The van der Waals surface area contributed by atoms with Crippen molar-refractivity contribution in [2.75, 3.05) is 11.9 Å². The van der Waals surface area contributed by atoms with Crippen molar-refractivity contribution in [1.29, 1.82) is 0 Å². The van der Waals surface area contributed by atoms with Gasteiger partial charge in [-0.1, -0.05) is 15.9 Å². The predicted molar refractivity (Wildman–Crippen MR) is 66.3 cm³/mol. The molecule has 0 radical (unpaired) electrons. The van der Waals surface area contributed by atoms with E-state index in [4.69, 9.17) is 0 Å². The topological polar surface area (TPSA) is 48.3 Å². The Kier molecular flexibility index (Phi) is 5.13. The van der Waals surface area contributed by atoms with Crippen LogP contribution in [0.5, 0.6) is 5.88 Å². The maximum atomic E-state index is 12.7. The summed E-state index contributed by atoms with van der Waals surface area (Å²) in [5, 5.41) is -0.130. The van der Waals surface area contributed by atoms with Crippen molar-refractivity contribution in [3.63, 3.8) is 0 Å². The van der Waals surface area contributed by atoms with Crippen molar-refractivity contribution in [2.24, 2.45) is 7.05 Å². The molecule has 1 rings (SSSR count).